The molecule has 0 spiro atoms. The molecule has 2 aromatic carbocycles. The van der Waals surface area contributed by atoms with E-state index in [-0.39, 0.29) is 33.0 Å². The Morgan fingerprint density at radius 2 is 1.81 bits per heavy atom. The van der Waals surface area contributed by atoms with Crippen LogP contribution in [0.2, 0.25) is 15.1 Å². The Balaban J connectivity index is 2.23. The molecular formula is C14H8Cl3FO3. The first kappa shape index (κ1) is 15.9. The molecule has 0 saturated carbocycles. The van der Waals surface area contributed by atoms with Crippen LogP contribution in [0, 0.1) is 5.82 Å². The summed E-state index contributed by atoms with van der Waals surface area (Å²) in [6, 6.07) is 6.85. The molecule has 0 amide bonds. The first-order valence-corrected chi connectivity index (χ1v) is 6.81. The quantitative estimate of drug-likeness (QED) is 0.785. The molecule has 0 unspecified atom stereocenters. The van der Waals surface area contributed by atoms with Gasteiger partial charge in [-0.05, 0) is 12.1 Å². The molecule has 7 heteroatoms. The van der Waals surface area contributed by atoms with Gasteiger partial charge in [0.1, 0.15) is 18.2 Å². The molecule has 1 N–H and O–H groups in total. The Bertz CT molecular complexity index is 704. The summed E-state index contributed by atoms with van der Waals surface area (Å²) in [5, 5.41) is 9.59. The van der Waals surface area contributed by atoms with Crippen LogP contribution >= 0.6 is 34.8 Å². The molecule has 3 nitrogen and oxygen atoms in total. The Kier molecular flexibility index (Phi) is 4.93. The fourth-order valence-electron chi connectivity index (χ4n) is 1.63. The summed E-state index contributed by atoms with van der Waals surface area (Å²) < 4.78 is 19.3. The number of carboxylic acid groups (broad SMARTS) is 1. The predicted octanol–water partition coefficient (Wildman–Crippen LogP) is 5.06. The predicted molar refractivity (Wildman–Crippen MR) is 79.2 cm³/mol. The van der Waals surface area contributed by atoms with Crippen LogP contribution < -0.4 is 4.74 Å². The number of hydrogen-bond donors (Lipinski definition) is 1. The molecule has 0 saturated heterocycles. The van der Waals surface area contributed by atoms with Crippen molar-refractivity contribution in [2.24, 2.45) is 0 Å². The van der Waals surface area contributed by atoms with E-state index >= 15 is 0 Å². The van der Waals surface area contributed by atoms with E-state index in [1.807, 2.05) is 0 Å². The van der Waals surface area contributed by atoms with E-state index in [0.717, 1.165) is 0 Å². The SMILES string of the molecule is O=C(O)c1cccc(COc2cc(Cl)c(Cl)cc2Cl)c1F. The van der Waals surface area contributed by atoms with Gasteiger partial charge in [-0.15, -0.1) is 0 Å². The lowest BCUT2D eigenvalue weighted by Crippen LogP contribution is -2.06. The van der Waals surface area contributed by atoms with Crippen LogP contribution in [0.4, 0.5) is 4.39 Å². The molecule has 0 bridgehead atoms. The Morgan fingerprint density at radius 1 is 1.14 bits per heavy atom. The number of halogens is 4. The molecule has 110 valence electrons. The van der Waals surface area contributed by atoms with Gasteiger partial charge in [-0.2, -0.15) is 0 Å². The molecule has 0 aliphatic carbocycles. The molecule has 0 aliphatic rings. The standard InChI is InChI=1S/C14H8Cl3FO3/c15-9-4-11(17)12(5-10(9)16)21-6-7-2-1-3-8(13(7)18)14(19)20/h1-5H,6H2,(H,19,20). The largest absolute Gasteiger partial charge is 0.487 e. The van der Waals surface area contributed by atoms with Gasteiger partial charge in [0.2, 0.25) is 0 Å². The van der Waals surface area contributed by atoms with E-state index in [2.05, 4.69) is 0 Å². The van der Waals surface area contributed by atoms with Crippen LogP contribution in [-0.4, -0.2) is 11.1 Å². The van der Waals surface area contributed by atoms with Crippen molar-refractivity contribution in [2.75, 3.05) is 0 Å². The molecule has 0 aromatic heterocycles. The highest BCUT2D eigenvalue weighted by Crippen LogP contribution is 2.34. The van der Waals surface area contributed by atoms with Crippen LogP contribution in [0.5, 0.6) is 5.75 Å². The zero-order valence-electron chi connectivity index (χ0n) is 10.4. The third-order valence-electron chi connectivity index (χ3n) is 2.67. The Labute approximate surface area is 134 Å². The zero-order valence-corrected chi connectivity index (χ0v) is 12.6. The van der Waals surface area contributed by atoms with Crippen LogP contribution in [-0.2, 0) is 6.61 Å². The Hall–Kier alpha value is -1.49. The highest BCUT2D eigenvalue weighted by atomic mass is 35.5. The van der Waals surface area contributed by atoms with Gasteiger partial charge in [-0.3, -0.25) is 0 Å². The number of ether oxygens (including phenoxy) is 1. The fraction of sp³-hybridized carbons (Fsp3) is 0.0714. The van der Waals surface area contributed by atoms with Gasteiger partial charge in [-0.1, -0.05) is 46.9 Å². The maximum Gasteiger partial charge on any atom is 0.338 e. The summed E-state index contributed by atoms with van der Waals surface area (Å²) >= 11 is 17.6. The highest BCUT2D eigenvalue weighted by Gasteiger charge is 2.15. The highest BCUT2D eigenvalue weighted by molar-refractivity contribution is 6.43. The van der Waals surface area contributed by atoms with E-state index in [4.69, 9.17) is 44.6 Å². The first-order valence-electron chi connectivity index (χ1n) is 5.68. The van der Waals surface area contributed by atoms with Gasteiger partial charge >= 0.3 is 5.97 Å². The van der Waals surface area contributed by atoms with Crippen LogP contribution in [0.1, 0.15) is 15.9 Å². The van der Waals surface area contributed by atoms with Crippen molar-refractivity contribution in [1.82, 2.24) is 0 Å². The minimum absolute atomic E-state index is 0.0945. The van der Waals surface area contributed by atoms with Gasteiger partial charge < -0.3 is 9.84 Å². The van der Waals surface area contributed by atoms with Crippen LogP contribution in [0.25, 0.3) is 0 Å². The summed E-state index contributed by atoms with van der Waals surface area (Å²) in [6.07, 6.45) is 0. The molecule has 0 atom stereocenters. The average molecular weight is 350 g/mol. The van der Waals surface area contributed by atoms with E-state index in [1.54, 1.807) is 0 Å². The minimum Gasteiger partial charge on any atom is -0.487 e. The van der Waals surface area contributed by atoms with Crippen molar-refractivity contribution in [3.05, 3.63) is 62.3 Å². The number of hydrogen-bond acceptors (Lipinski definition) is 2. The number of carboxylic acids is 1. The first-order chi connectivity index (χ1) is 9.90. The lowest BCUT2D eigenvalue weighted by Gasteiger charge is -2.10. The molecule has 21 heavy (non-hydrogen) atoms. The maximum atomic E-state index is 13.9. The summed E-state index contributed by atoms with van der Waals surface area (Å²) in [7, 11) is 0. The Morgan fingerprint density at radius 3 is 2.48 bits per heavy atom. The third kappa shape index (κ3) is 3.59. The average Bonchev–Trinajstić information content (AvgIpc) is 2.42. The topological polar surface area (TPSA) is 46.5 Å². The lowest BCUT2D eigenvalue weighted by molar-refractivity contribution is 0.0691. The van der Waals surface area contributed by atoms with Gasteiger partial charge in [0.15, 0.2) is 0 Å². The fourth-order valence-corrected chi connectivity index (χ4v) is 2.22. The van der Waals surface area contributed by atoms with Crippen molar-refractivity contribution in [2.45, 2.75) is 6.61 Å². The van der Waals surface area contributed by atoms with E-state index in [0.29, 0.717) is 0 Å². The summed E-state index contributed by atoms with van der Waals surface area (Å²) in [5.74, 6) is -1.96. The number of benzene rings is 2. The zero-order chi connectivity index (χ0) is 15.6. The second-order valence-electron chi connectivity index (χ2n) is 4.07. The van der Waals surface area contributed by atoms with Gasteiger partial charge in [0, 0.05) is 11.6 Å². The molecule has 2 rings (SSSR count). The van der Waals surface area contributed by atoms with Crippen LogP contribution in [0.15, 0.2) is 30.3 Å². The molecule has 0 fully saturated rings. The number of aromatic carboxylic acids is 1. The third-order valence-corrected chi connectivity index (χ3v) is 3.68. The van der Waals surface area contributed by atoms with Gasteiger partial charge in [-0.25, -0.2) is 9.18 Å². The summed E-state index contributed by atoms with van der Waals surface area (Å²) in [5.41, 5.74) is -0.326. The summed E-state index contributed by atoms with van der Waals surface area (Å²) in [6.45, 7) is -0.190. The van der Waals surface area contributed by atoms with Crippen molar-refractivity contribution in [3.63, 3.8) is 0 Å². The lowest BCUT2D eigenvalue weighted by atomic mass is 10.1. The minimum atomic E-state index is -1.35. The molecule has 0 radical (unpaired) electrons. The van der Waals surface area contributed by atoms with Crippen molar-refractivity contribution in [1.29, 1.82) is 0 Å². The molecule has 0 aliphatic heterocycles. The smallest absolute Gasteiger partial charge is 0.338 e. The summed E-state index contributed by atoms with van der Waals surface area (Å²) in [4.78, 5) is 10.9. The number of carbonyl (C=O) groups is 1. The normalized spacial score (nSPS) is 10.5. The molecule has 2 aromatic rings. The van der Waals surface area contributed by atoms with Gasteiger partial charge in [0.25, 0.3) is 0 Å². The van der Waals surface area contributed by atoms with Gasteiger partial charge in [0.05, 0.1) is 20.6 Å². The molecular weight excluding hydrogens is 342 g/mol. The second kappa shape index (κ2) is 6.52. The van der Waals surface area contributed by atoms with E-state index in [9.17, 15) is 9.18 Å². The van der Waals surface area contributed by atoms with Crippen LogP contribution in [0.3, 0.4) is 0 Å². The van der Waals surface area contributed by atoms with Crippen molar-refractivity contribution in [3.8, 4) is 5.75 Å². The molecule has 0 heterocycles. The van der Waals surface area contributed by atoms with Crippen molar-refractivity contribution < 1.29 is 19.0 Å². The van der Waals surface area contributed by atoms with E-state index in [1.165, 1.54) is 30.3 Å². The van der Waals surface area contributed by atoms with E-state index < -0.39 is 17.3 Å². The second-order valence-corrected chi connectivity index (χ2v) is 5.29. The van der Waals surface area contributed by atoms with Crippen molar-refractivity contribution >= 4 is 40.8 Å². The maximum absolute atomic E-state index is 13.9. The monoisotopic (exact) mass is 348 g/mol. The number of rotatable bonds is 4.